The van der Waals surface area contributed by atoms with Gasteiger partial charge in [-0.2, -0.15) is 11.8 Å². The third-order valence-electron chi connectivity index (χ3n) is 4.27. The van der Waals surface area contributed by atoms with Crippen LogP contribution in [0.25, 0.3) is 0 Å². The van der Waals surface area contributed by atoms with Crippen molar-refractivity contribution in [3.05, 3.63) is 29.8 Å². The minimum atomic E-state index is -0.179. The average Bonchev–Trinajstić information content (AvgIpc) is 2.54. The summed E-state index contributed by atoms with van der Waals surface area (Å²) in [5, 5.41) is 15.3. The number of aliphatic hydroxyl groups excluding tert-OH is 1. The standard InChI is InChI=1S/C17H26N2O2S/c1-22-11-10-13-6-8-15(9-7-13)18-17(21)19-16-5-3-2-4-14(16)12-20/h6-9,14,16,20H,2-5,10-12H2,1H3,(H2,18,19,21). The van der Waals surface area contributed by atoms with Gasteiger partial charge in [-0.05, 0) is 49.0 Å². The first-order valence-corrected chi connectivity index (χ1v) is 9.38. The molecule has 0 bridgehead atoms. The average molecular weight is 322 g/mol. The van der Waals surface area contributed by atoms with Crippen LogP contribution in [0.4, 0.5) is 10.5 Å². The zero-order valence-electron chi connectivity index (χ0n) is 13.2. The second kappa shape index (κ2) is 9.06. The molecule has 0 radical (unpaired) electrons. The Morgan fingerprint density at radius 2 is 2.00 bits per heavy atom. The predicted molar refractivity (Wildman–Crippen MR) is 93.5 cm³/mol. The Balaban J connectivity index is 1.83. The fourth-order valence-corrected chi connectivity index (χ4v) is 3.37. The molecule has 1 fully saturated rings. The maximum absolute atomic E-state index is 12.1. The number of carbonyl (C=O) groups is 1. The molecule has 22 heavy (non-hydrogen) atoms. The number of benzene rings is 1. The monoisotopic (exact) mass is 322 g/mol. The largest absolute Gasteiger partial charge is 0.396 e. The molecule has 2 atom stereocenters. The molecule has 0 heterocycles. The second-order valence-electron chi connectivity index (χ2n) is 5.87. The van der Waals surface area contributed by atoms with Gasteiger partial charge in [0, 0.05) is 24.3 Å². The maximum atomic E-state index is 12.1. The minimum Gasteiger partial charge on any atom is -0.396 e. The fourth-order valence-electron chi connectivity index (χ4n) is 2.93. The topological polar surface area (TPSA) is 61.4 Å². The number of anilines is 1. The smallest absolute Gasteiger partial charge is 0.319 e. The van der Waals surface area contributed by atoms with Crippen molar-refractivity contribution in [2.45, 2.75) is 38.1 Å². The normalized spacial score (nSPS) is 21.4. The lowest BCUT2D eigenvalue weighted by Crippen LogP contribution is -2.45. The van der Waals surface area contributed by atoms with Gasteiger partial charge in [0.05, 0.1) is 0 Å². The molecular formula is C17H26N2O2S. The molecule has 122 valence electrons. The molecule has 2 amide bonds. The molecule has 0 spiro atoms. The quantitative estimate of drug-likeness (QED) is 0.753. The number of carbonyl (C=O) groups excluding carboxylic acids is 1. The van der Waals surface area contributed by atoms with Crippen molar-refractivity contribution in [3.8, 4) is 0 Å². The Hall–Kier alpha value is -1.20. The summed E-state index contributed by atoms with van der Waals surface area (Å²) in [6.07, 6.45) is 7.35. The summed E-state index contributed by atoms with van der Waals surface area (Å²) in [5.74, 6) is 1.30. The van der Waals surface area contributed by atoms with E-state index in [9.17, 15) is 9.90 Å². The van der Waals surface area contributed by atoms with Crippen LogP contribution >= 0.6 is 11.8 Å². The molecule has 3 N–H and O–H groups in total. The van der Waals surface area contributed by atoms with Crippen LogP contribution in [0.15, 0.2) is 24.3 Å². The lowest BCUT2D eigenvalue weighted by Gasteiger charge is -2.30. The van der Waals surface area contributed by atoms with E-state index in [1.807, 2.05) is 23.9 Å². The zero-order chi connectivity index (χ0) is 15.8. The van der Waals surface area contributed by atoms with E-state index in [-0.39, 0.29) is 24.6 Å². The molecule has 0 aromatic heterocycles. The van der Waals surface area contributed by atoms with Crippen molar-refractivity contribution in [2.24, 2.45) is 5.92 Å². The molecule has 2 unspecified atom stereocenters. The number of nitrogens with one attached hydrogen (secondary N) is 2. The van der Waals surface area contributed by atoms with Gasteiger partial charge in [0.1, 0.15) is 0 Å². The molecule has 1 aliphatic rings. The van der Waals surface area contributed by atoms with Gasteiger partial charge in [0.2, 0.25) is 0 Å². The molecule has 0 saturated heterocycles. The van der Waals surface area contributed by atoms with E-state index in [1.54, 1.807) is 0 Å². The summed E-state index contributed by atoms with van der Waals surface area (Å²) in [4.78, 5) is 12.1. The van der Waals surface area contributed by atoms with E-state index in [4.69, 9.17) is 0 Å². The van der Waals surface area contributed by atoms with Crippen molar-refractivity contribution >= 4 is 23.5 Å². The summed E-state index contributed by atoms with van der Waals surface area (Å²) >= 11 is 1.83. The molecule has 0 aliphatic heterocycles. The number of thioether (sulfide) groups is 1. The summed E-state index contributed by atoms with van der Waals surface area (Å²) in [7, 11) is 0. The van der Waals surface area contributed by atoms with Crippen molar-refractivity contribution in [1.29, 1.82) is 0 Å². The number of hydrogen-bond acceptors (Lipinski definition) is 3. The highest BCUT2D eigenvalue weighted by Crippen LogP contribution is 2.24. The Labute approximate surface area is 137 Å². The minimum absolute atomic E-state index is 0.0830. The van der Waals surface area contributed by atoms with E-state index in [0.717, 1.165) is 43.5 Å². The molecule has 4 nitrogen and oxygen atoms in total. The van der Waals surface area contributed by atoms with Gasteiger partial charge in [-0.15, -0.1) is 0 Å². The van der Waals surface area contributed by atoms with Gasteiger partial charge >= 0.3 is 6.03 Å². The number of urea groups is 1. The van der Waals surface area contributed by atoms with E-state index >= 15 is 0 Å². The van der Waals surface area contributed by atoms with Crippen LogP contribution in [-0.2, 0) is 6.42 Å². The Kier molecular flexibility index (Phi) is 7.06. The molecule has 1 aromatic rings. The lowest BCUT2D eigenvalue weighted by molar-refractivity contribution is 0.156. The molecule has 5 heteroatoms. The number of amides is 2. The number of aryl methyl sites for hydroxylation is 1. The summed E-state index contributed by atoms with van der Waals surface area (Å²) in [6.45, 7) is 0.148. The van der Waals surface area contributed by atoms with Crippen LogP contribution in [0, 0.1) is 5.92 Å². The van der Waals surface area contributed by atoms with Gasteiger partial charge in [-0.1, -0.05) is 25.0 Å². The van der Waals surface area contributed by atoms with Crippen LogP contribution in [-0.4, -0.2) is 35.8 Å². The van der Waals surface area contributed by atoms with Crippen molar-refractivity contribution < 1.29 is 9.90 Å². The zero-order valence-corrected chi connectivity index (χ0v) is 14.0. The Morgan fingerprint density at radius 1 is 1.27 bits per heavy atom. The Bertz CT molecular complexity index is 464. The number of aliphatic hydroxyl groups is 1. The third kappa shape index (κ3) is 5.21. The third-order valence-corrected chi connectivity index (χ3v) is 4.88. The molecule has 2 rings (SSSR count). The first-order chi connectivity index (χ1) is 10.7. The number of rotatable bonds is 6. The van der Waals surface area contributed by atoms with Gasteiger partial charge in [-0.3, -0.25) is 0 Å². The second-order valence-corrected chi connectivity index (χ2v) is 6.86. The molecule has 1 aliphatic carbocycles. The Morgan fingerprint density at radius 3 is 2.68 bits per heavy atom. The van der Waals surface area contributed by atoms with Gasteiger partial charge in [-0.25, -0.2) is 4.79 Å². The first-order valence-electron chi connectivity index (χ1n) is 7.99. The van der Waals surface area contributed by atoms with Crippen LogP contribution in [0.2, 0.25) is 0 Å². The summed E-state index contributed by atoms with van der Waals surface area (Å²) in [6, 6.07) is 7.91. The maximum Gasteiger partial charge on any atom is 0.319 e. The SMILES string of the molecule is CSCCc1ccc(NC(=O)NC2CCCCC2CO)cc1. The van der Waals surface area contributed by atoms with E-state index < -0.39 is 0 Å². The molecule has 1 aromatic carbocycles. The van der Waals surface area contributed by atoms with Crippen molar-refractivity contribution in [2.75, 3.05) is 23.9 Å². The molecular weight excluding hydrogens is 296 g/mol. The van der Waals surface area contributed by atoms with Crippen molar-refractivity contribution in [3.63, 3.8) is 0 Å². The van der Waals surface area contributed by atoms with E-state index in [2.05, 4.69) is 29.0 Å². The van der Waals surface area contributed by atoms with Crippen molar-refractivity contribution in [1.82, 2.24) is 5.32 Å². The van der Waals surface area contributed by atoms with Gasteiger partial charge in [0.25, 0.3) is 0 Å². The van der Waals surface area contributed by atoms with Crippen LogP contribution in [0.5, 0.6) is 0 Å². The lowest BCUT2D eigenvalue weighted by atomic mass is 9.85. The van der Waals surface area contributed by atoms with E-state index in [0.29, 0.717) is 0 Å². The highest BCUT2D eigenvalue weighted by atomic mass is 32.2. The first kappa shape index (κ1) is 17.2. The van der Waals surface area contributed by atoms with Gasteiger partial charge in [0.15, 0.2) is 0 Å². The summed E-state index contributed by atoms with van der Waals surface area (Å²) < 4.78 is 0. The van der Waals surface area contributed by atoms with Crippen LogP contribution in [0.1, 0.15) is 31.2 Å². The van der Waals surface area contributed by atoms with E-state index in [1.165, 1.54) is 5.56 Å². The summed E-state index contributed by atoms with van der Waals surface area (Å²) in [5.41, 5.74) is 2.09. The van der Waals surface area contributed by atoms with Crippen LogP contribution < -0.4 is 10.6 Å². The molecule has 1 saturated carbocycles. The highest BCUT2D eigenvalue weighted by Gasteiger charge is 2.25. The highest BCUT2D eigenvalue weighted by molar-refractivity contribution is 7.98. The van der Waals surface area contributed by atoms with Gasteiger partial charge < -0.3 is 15.7 Å². The van der Waals surface area contributed by atoms with Crippen LogP contribution in [0.3, 0.4) is 0 Å². The number of hydrogen-bond donors (Lipinski definition) is 3. The fraction of sp³-hybridized carbons (Fsp3) is 0.588. The predicted octanol–water partition coefficient (Wildman–Crippen LogP) is 3.26.